The zero-order chi connectivity index (χ0) is 8.72. The van der Waals surface area contributed by atoms with Crippen LogP contribution in [0.5, 0.6) is 0 Å². The summed E-state index contributed by atoms with van der Waals surface area (Å²) in [5.74, 6) is 0. The van der Waals surface area contributed by atoms with Crippen LogP contribution in [-0.2, 0) is 0 Å². The first-order valence-electron chi connectivity index (χ1n) is 3.30. The molecule has 2 aromatic rings. The molecule has 0 spiro atoms. The number of H-pyrrole nitrogens is 1. The van der Waals surface area contributed by atoms with Gasteiger partial charge in [-0.1, -0.05) is 23.2 Å². The molecule has 0 atom stereocenters. The van der Waals surface area contributed by atoms with Gasteiger partial charge in [0.2, 0.25) is 0 Å². The summed E-state index contributed by atoms with van der Waals surface area (Å²) in [5.41, 5.74) is 0.983. The summed E-state index contributed by atoms with van der Waals surface area (Å²) < 4.78 is 1.12. The number of fused-ring (bicyclic) bond motifs is 1. The van der Waals surface area contributed by atoms with E-state index in [-0.39, 0.29) is 0 Å². The van der Waals surface area contributed by atoms with Gasteiger partial charge in [-0.15, -0.1) is 0 Å². The molecule has 1 N–H and O–H groups in total. The van der Waals surface area contributed by atoms with Crippen LogP contribution in [0.25, 0.3) is 10.9 Å². The normalized spacial score (nSPS) is 10.9. The minimum atomic E-state index is 0.658. The van der Waals surface area contributed by atoms with Gasteiger partial charge in [-0.2, -0.15) is 0 Å². The highest BCUT2D eigenvalue weighted by molar-refractivity contribution is 14.1. The maximum Gasteiger partial charge on any atom is 0.0525 e. The molecule has 0 amide bonds. The van der Waals surface area contributed by atoms with Gasteiger partial charge >= 0.3 is 0 Å². The predicted molar refractivity (Wildman–Crippen MR) is 61.0 cm³/mol. The van der Waals surface area contributed by atoms with Gasteiger partial charge in [0.1, 0.15) is 0 Å². The van der Waals surface area contributed by atoms with Gasteiger partial charge in [-0.3, -0.25) is 0 Å². The van der Waals surface area contributed by atoms with Crippen LogP contribution in [0.1, 0.15) is 0 Å². The number of rotatable bonds is 0. The number of halogens is 3. The molecule has 1 nitrogen and oxygen atoms in total. The summed E-state index contributed by atoms with van der Waals surface area (Å²) in [6.07, 6.45) is 1.91. The highest BCUT2D eigenvalue weighted by atomic mass is 127. The second kappa shape index (κ2) is 3.09. The number of hydrogen-bond acceptors (Lipinski definition) is 0. The Morgan fingerprint density at radius 3 is 2.75 bits per heavy atom. The Balaban J connectivity index is 2.93. The van der Waals surface area contributed by atoms with Gasteiger partial charge in [0.05, 0.1) is 5.02 Å². The van der Waals surface area contributed by atoms with Gasteiger partial charge in [0.15, 0.2) is 0 Å². The van der Waals surface area contributed by atoms with Crippen molar-refractivity contribution in [1.29, 1.82) is 0 Å². The zero-order valence-corrected chi connectivity index (χ0v) is 9.54. The monoisotopic (exact) mass is 311 g/mol. The quantitative estimate of drug-likeness (QED) is 0.706. The molecule has 0 aliphatic carbocycles. The maximum absolute atomic E-state index is 6.00. The third-order valence-corrected chi connectivity index (χ3v) is 3.02. The second-order valence-electron chi connectivity index (χ2n) is 2.45. The average Bonchev–Trinajstić information content (AvgIpc) is 2.31. The van der Waals surface area contributed by atoms with E-state index in [4.69, 9.17) is 23.2 Å². The number of hydrogen-bond donors (Lipinski definition) is 1. The van der Waals surface area contributed by atoms with E-state index in [1.165, 1.54) is 0 Å². The van der Waals surface area contributed by atoms with Crippen LogP contribution in [0.3, 0.4) is 0 Å². The van der Waals surface area contributed by atoms with Gasteiger partial charge in [-0.25, -0.2) is 0 Å². The van der Waals surface area contributed by atoms with E-state index >= 15 is 0 Å². The summed E-state index contributed by atoms with van der Waals surface area (Å²) in [6, 6.07) is 3.62. The molecule has 0 bridgehead atoms. The van der Waals surface area contributed by atoms with Crippen LogP contribution in [0, 0.1) is 3.57 Å². The van der Waals surface area contributed by atoms with Crippen LogP contribution in [0.2, 0.25) is 10.0 Å². The van der Waals surface area contributed by atoms with Gasteiger partial charge in [-0.05, 0) is 34.7 Å². The molecule has 0 aliphatic rings. The zero-order valence-electron chi connectivity index (χ0n) is 5.87. The fourth-order valence-electron chi connectivity index (χ4n) is 1.14. The second-order valence-corrected chi connectivity index (χ2v) is 4.45. The number of benzene rings is 1. The van der Waals surface area contributed by atoms with Crippen LogP contribution < -0.4 is 0 Å². The fourth-order valence-corrected chi connectivity index (χ4v) is 2.63. The molecule has 1 aromatic heterocycles. The lowest BCUT2D eigenvalue weighted by Crippen LogP contribution is -1.72. The molecule has 0 radical (unpaired) electrons. The summed E-state index contributed by atoms with van der Waals surface area (Å²) >= 11 is 14.1. The summed E-state index contributed by atoms with van der Waals surface area (Å²) in [6.45, 7) is 0. The minimum Gasteiger partial charge on any atom is -0.360 e. The van der Waals surface area contributed by atoms with E-state index in [2.05, 4.69) is 27.6 Å². The molecule has 1 aromatic carbocycles. The Labute approximate surface area is 93.2 Å². The minimum absolute atomic E-state index is 0.658. The molecular weight excluding hydrogens is 308 g/mol. The summed E-state index contributed by atoms with van der Waals surface area (Å²) in [7, 11) is 0. The molecule has 12 heavy (non-hydrogen) atoms. The number of aromatic nitrogens is 1. The van der Waals surface area contributed by atoms with Crippen molar-refractivity contribution in [3.63, 3.8) is 0 Å². The molecule has 0 fully saturated rings. The fraction of sp³-hybridized carbons (Fsp3) is 0. The molecule has 2 rings (SSSR count). The Morgan fingerprint density at radius 1 is 1.25 bits per heavy atom. The highest BCUT2D eigenvalue weighted by Gasteiger charge is 2.05. The van der Waals surface area contributed by atoms with E-state index in [0.29, 0.717) is 10.0 Å². The Morgan fingerprint density at radius 2 is 2.00 bits per heavy atom. The molecule has 0 saturated carbocycles. The van der Waals surface area contributed by atoms with Crippen LogP contribution in [0.15, 0.2) is 18.3 Å². The summed E-state index contributed by atoms with van der Waals surface area (Å²) in [4.78, 5) is 3.09. The lowest BCUT2D eigenvalue weighted by molar-refractivity contribution is 1.47. The first kappa shape index (κ1) is 8.66. The molecular formula is C8H4Cl2IN. The molecule has 0 aliphatic heterocycles. The van der Waals surface area contributed by atoms with Crippen molar-refractivity contribution >= 4 is 56.7 Å². The van der Waals surface area contributed by atoms with Crippen molar-refractivity contribution in [2.24, 2.45) is 0 Å². The Hall–Kier alpha value is 0.0700. The van der Waals surface area contributed by atoms with Gasteiger partial charge in [0.25, 0.3) is 0 Å². The van der Waals surface area contributed by atoms with Gasteiger partial charge in [0, 0.05) is 25.7 Å². The van der Waals surface area contributed by atoms with E-state index < -0.39 is 0 Å². The van der Waals surface area contributed by atoms with Crippen LogP contribution in [0.4, 0.5) is 0 Å². The SMILES string of the molecule is Clc1cc(Cl)c2c(I)c[nH]c2c1. The summed E-state index contributed by atoms with van der Waals surface area (Å²) in [5, 5.41) is 2.40. The van der Waals surface area contributed by atoms with Crippen molar-refractivity contribution in [3.8, 4) is 0 Å². The smallest absolute Gasteiger partial charge is 0.0525 e. The van der Waals surface area contributed by atoms with E-state index in [9.17, 15) is 0 Å². The molecule has 62 valence electrons. The van der Waals surface area contributed by atoms with Crippen LogP contribution >= 0.6 is 45.8 Å². The van der Waals surface area contributed by atoms with E-state index in [1.54, 1.807) is 6.07 Å². The lowest BCUT2D eigenvalue weighted by atomic mass is 10.2. The third-order valence-electron chi connectivity index (χ3n) is 1.65. The first-order chi connectivity index (χ1) is 5.68. The van der Waals surface area contributed by atoms with E-state index in [0.717, 1.165) is 14.5 Å². The molecule has 0 saturated heterocycles. The number of aromatic amines is 1. The molecule has 1 heterocycles. The van der Waals surface area contributed by atoms with Crippen LogP contribution in [-0.4, -0.2) is 4.98 Å². The standard InChI is InChI=1S/C8H4Cl2IN/c9-4-1-5(10)8-6(11)3-12-7(8)2-4/h1-3,12H. The van der Waals surface area contributed by atoms with Crippen molar-refractivity contribution in [1.82, 2.24) is 4.98 Å². The third kappa shape index (κ3) is 1.32. The van der Waals surface area contributed by atoms with Crippen molar-refractivity contribution < 1.29 is 0 Å². The van der Waals surface area contributed by atoms with Crippen molar-refractivity contribution in [2.75, 3.05) is 0 Å². The largest absolute Gasteiger partial charge is 0.360 e. The van der Waals surface area contributed by atoms with Crippen molar-refractivity contribution in [2.45, 2.75) is 0 Å². The maximum atomic E-state index is 6.00. The Kier molecular flexibility index (Phi) is 2.23. The predicted octanol–water partition coefficient (Wildman–Crippen LogP) is 4.08. The topological polar surface area (TPSA) is 15.8 Å². The Bertz CT molecular complexity index is 436. The average molecular weight is 312 g/mol. The van der Waals surface area contributed by atoms with Gasteiger partial charge < -0.3 is 4.98 Å². The molecule has 4 heteroatoms. The molecule has 0 unspecified atom stereocenters. The van der Waals surface area contributed by atoms with E-state index in [1.807, 2.05) is 12.3 Å². The first-order valence-corrected chi connectivity index (χ1v) is 5.13. The number of nitrogens with one attached hydrogen (secondary N) is 1. The highest BCUT2D eigenvalue weighted by Crippen LogP contribution is 2.30. The van der Waals surface area contributed by atoms with Crippen molar-refractivity contribution in [3.05, 3.63) is 31.9 Å². The lowest BCUT2D eigenvalue weighted by Gasteiger charge is -1.95.